The molecule has 3 nitrogen and oxygen atoms in total. The van der Waals surface area contributed by atoms with E-state index in [9.17, 15) is 4.39 Å². The van der Waals surface area contributed by atoms with E-state index in [2.05, 4.69) is 32.4 Å². The zero-order valence-electron chi connectivity index (χ0n) is 11.6. The van der Waals surface area contributed by atoms with Gasteiger partial charge in [-0.05, 0) is 36.9 Å². The lowest BCUT2D eigenvalue weighted by Gasteiger charge is -2.06. The summed E-state index contributed by atoms with van der Waals surface area (Å²) in [7, 11) is 1.90. The molecule has 1 aromatic heterocycles. The molecule has 108 valence electrons. The topological polar surface area (TPSA) is 29.9 Å². The summed E-state index contributed by atoms with van der Waals surface area (Å²) in [4.78, 5) is 0. The number of hydrogen-bond donors (Lipinski definition) is 1. The van der Waals surface area contributed by atoms with Crippen molar-refractivity contribution in [3.63, 3.8) is 0 Å². The van der Waals surface area contributed by atoms with Crippen molar-refractivity contribution in [3.05, 3.63) is 64.0 Å². The van der Waals surface area contributed by atoms with Crippen LogP contribution in [0.2, 0.25) is 0 Å². The molecule has 0 saturated carbocycles. The Labute approximate surface area is 130 Å². The fourth-order valence-corrected chi connectivity index (χ4v) is 2.81. The summed E-state index contributed by atoms with van der Waals surface area (Å²) in [6.07, 6.45) is 0. The molecule has 3 aromatic rings. The minimum absolute atomic E-state index is 0.236. The Hall–Kier alpha value is -1.72. The third-order valence-electron chi connectivity index (χ3n) is 3.41. The van der Waals surface area contributed by atoms with Gasteiger partial charge in [-0.15, -0.1) is 0 Å². The van der Waals surface area contributed by atoms with E-state index < -0.39 is 0 Å². The smallest absolute Gasteiger partial charge is 0.123 e. The second kappa shape index (κ2) is 5.95. The number of hydrogen-bond acceptors (Lipinski definition) is 2. The van der Waals surface area contributed by atoms with Crippen LogP contribution in [0.3, 0.4) is 0 Å². The molecule has 0 amide bonds. The van der Waals surface area contributed by atoms with Crippen LogP contribution in [0.1, 0.15) is 11.3 Å². The van der Waals surface area contributed by atoms with Crippen LogP contribution in [0, 0.1) is 5.82 Å². The molecule has 2 aromatic carbocycles. The molecule has 21 heavy (non-hydrogen) atoms. The van der Waals surface area contributed by atoms with E-state index in [1.54, 1.807) is 6.07 Å². The van der Waals surface area contributed by atoms with E-state index in [4.69, 9.17) is 0 Å². The van der Waals surface area contributed by atoms with Crippen LogP contribution in [-0.4, -0.2) is 16.8 Å². The first kappa shape index (κ1) is 14.2. The normalized spacial score (nSPS) is 11.2. The zero-order valence-corrected chi connectivity index (χ0v) is 13.2. The molecule has 0 aliphatic carbocycles. The molecule has 0 radical (unpaired) electrons. The average molecular weight is 348 g/mol. The van der Waals surface area contributed by atoms with Gasteiger partial charge < -0.3 is 5.32 Å². The van der Waals surface area contributed by atoms with Crippen LogP contribution in [0.15, 0.2) is 46.9 Å². The fraction of sp³-hybridized carbons (Fsp3) is 0.188. The minimum atomic E-state index is -0.236. The van der Waals surface area contributed by atoms with Gasteiger partial charge in [0.2, 0.25) is 0 Å². The molecule has 0 atom stereocenters. The molecule has 0 aliphatic rings. The maximum Gasteiger partial charge on any atom is 0.123 e. The number of halogens is 2. The van der Waals surface area contributed by atoms with E-state index in [0.717, 1.165) is 26.6 Å². The van der Waals surface area contributed by atoms with Crippen molar-refractivity contribution in [2.45, 2.75) is 13.1 Å². The van der Waals surface area contributed by atoms with Crippen molar-refractivity contribution in [3.8, 4) is 0 Å². The van der Waals surface area contributed by atoms with Crippen molar-refractivity contribution < 1.29 is 4.39 Å². The summed E-state index contributed by atoms with van der Waals surface area (Å²) in [5.41, 5.74) is 2.93. The van der Waals surface area contributed by atoms with Gasteiger partial charge in [-0.2, -0.15) is 5.10 Å². The minimum Gasteiger partial charge on any atom is -0.314 e. The second-order valence-electron chi connectivity index (χ2n) is 4.89. The third-order valence-corrected chi connectivity index (χ3v) is 4.18. The molecule has 1 heterocycles. The maximum absolute atomic E-state index is 13.4. The molecule has 0 aliphatic heterocycles. The van der Waals surface area contributed by atoms with E-state index >= 15 is 0 Å². The van der Waals surface area contributed by atoms with Crippen LogP contribution in [0.25, 0.3) is 10.9 Å². The van der Waals surface area contributed by atoms with Crippen LogP contribution in [0.4, 0.5) is 4.39 Å². The Morgan fingerprint density at radius 1 is 1.24 bits per heavy atom. The highest BCUT2D eigenvalue weighted by Crippen LogP contribution is 2.23. The van der Waals surface area contributed by atoms with Crippen LogP contribution >= 0.6 is 15.9 Å². The van der Waals surface area contributed by atoms with E-state index in [1.807, 2.05) is 29.9 Å². The van der Waals surface area contributed by atoms with Crippen molar-refractivity contribution in [2.75, 3.05) is 7.05 Å². The Morgan fingerprint density at radius 2 is 2.05 bits per heavy atom. The number of benzene rings is 2. The first-order chi connectivity index (χ1) is 10.2. The molecule has 0 bridgehead atoms. The Kier molecular flexibility index (Phi) is 4.03. The van der Waals surface area contributed by atoms with Crippen molar-refractivity contribution >= 4 is 26.8 Å². The molecule has 1 N–H and O–H groups in total. The van der Waals surface area contributed by atoms with Gasteiger partial charge in [-0.1, -0.05) is 34.1 Å². The van der Waals surface area contributed by atoms with Crippen LogP contribution in [0.5, 0.6) is 0 Å². The highest BCUT2D eigenvalue weighted by atomic mass is 79.9. The van der Waals surface area contributed by atoms with Gasteiger partial charge in [0.05, 0.1) is 17.8 Å². The molecule has 0 fully saturated rings. The lowest BCUT2D eigenvalue weighted by atomic mass is 10.2. The van der Waals surface area contributed by atoms with Gasteiger partial charge in [0, 0.05) is 16.4 Å². The summed E-state index contributed by atoms with van der Waals surface area (Å²) in [5, 5.41) is 8.91. The first-order valence-corrected chi connectivity index (χ1v) is 7.51. The van der Waals surface area contributed by atoms with Gasteiger partial charge in [0.15, 0.2) is 0 Å². The van der Waals surface area contributed by atoms with E-state index in [1.165, 1.54) is 12.1 Å². The molecule has 3 rings (SSSR count). The lowest BCUT2D eigenvalue weighted by Crippen LogP contribution is -2.08. The maximum atomic E-state index is 13.4. The van der Waals surface area contributed by atoms with Gasteiger partial charge in [0.1, 0.15) is 5.82 Å². The molecule has 5 heteroatoms. The number of aromatic nitrogens is 2. The quantitative estimate of drug-likeness (QED) is 0.779. The number of fused-ring (bicyclic) bond motifs is 1. The molecular formula is C16H15BrFN3. The summed E-state index contributed by atoms with van der Waals surface area (Å²) >= 11 is 3.47. The summed E-state index contributed by atoms with van der Waals surface area (Å²) < 4.78 is 16.2. The summed E-state index contributed by atoms with van der Waals surface area (Å²) in [6, 6.07) is 12.8. The highest BCUT2D eigenvalue weighted by molar-refractivity contribution is 9.10. The van der Waals surface area contributed by atoms with Gasteiger partial charge in [0.25, 0.3) is 0 Å². The monoisotopic (exact) mass is 347 g/mol. The molecule has 0 unspecified atom stereocenters. The number of nitrogens with one attached hydrogen (secondary N) is 1. The van der Waals surface area contributed by atoms with E-state index in [0.29, 0.717) is 13.1 Å². The predicted octanol–water partition coefficient (Wildman–Crippen LogP) is 3.71. The molecular weight excluding hydrogens is 333 g/mol. The van der Waals surface area contributed by atoms with Crippen LogP contribution < -0.4 is 5.32 Å². The third kappa shape index (κ3) is 2.84. The molecule has 0 saturated heterocycles. The summed E-state index contributed by atoms with van der Waals surface area (Å²) in [5.74, 6) is -0.236. The number of nitrogens with zero attached hydrogens (tertiary/aromatic N) is 2. The lowest BCUT2D eigenvalue weighted by molar-refractivity contribution is 0.618. The number of para-hydroxylation sites is 1. The van der Waals surface area contributed by atoms with E-state index in [-0.39, 0.29) is 5.82 Å². The largest absolute Gasteiger partial charge is 0.314 e. The summed E-state index contributed by atoms with van der Waals surface area (Å²) in [6.45, 7) is 1.24. The SMILES string of the molecule is CNCc1nn(Cc2cc(F)ccc2Br)c2ccccc12. The highest BCUT2D eigenvalue weighted by Gasteiger charge is 2.11. The van der Waals surface area contributed by atoms with Crippen molar-refractivity contribution in [1.29, 1.82) is 0 Å². The van der Waals surface area contributed by atoms with Crippen molar-refractivity contribution in [1.82, 2.24) is 15.1 Å². The Balaban J connectivity index is 2.06. The van der Waals surface area contributed by atoms with Gasteiger partial charge >= 0.3 is 0 Å². The van der Waals surface area contributed by atoms with Crippen LogP contribution in [-0.2, 0) is 13.1 Å². The predicted molar refractivity (Wildman–Crippen MR) is 85.7 cm³/mol. The Morgan fingerprint density at radius 3 is 2.86 bits per heavy atom. The second-order valence-corrected chi connectivity index (χ2v) is 5.74. The fourth-order valence-electron chi connectivity index (χ4n) is 2.44. The molecule has 0 spiro atoms. The van der Waals surface area contributed by atoms with Gasteiger partial charge in [-0.3, -0.25) is 4.68 Å². The standard InChI is InChI=1S/C16H15BrFN3/c1-19-9-15-13-4-2-3-5-16(13)21(20-15)10-11-8-12(18)6-7-14(11)17/h2-8,19H,9-10H2,1H3. The van der Waals surface area contributed by atoms with Gasteiger partial charge in [-0.25, -0.2) is 4.39 Å². The number of rotatable bonds is 4. The Bertz CT molecular complexity index is 782. The van der Waals surface area contributed by atoms with Crippen molar-refractivity contribution in [2.24, 2.45) is 0 Å². The first-order valence-electron chi connectivity index (χ1n) is 6.72. The zero-order chi connectivity index (χ0) is 14.8. The average Bonchev–Trinajstić information content (AvgIpc) is 2.82.